The average Bonchev–Trinajstić information content (AvgIpc) is 2.02. The Labute approximate surface area is 97.2 Å². The van der Waals surface area contributed by atoms with Crippen LogP contribution in [0.4, 0.5) is 0 Å². The number of rotatable bonds is 7. The lowest BCUT2D eigenvalue weighted by molar-refractivity contribution is -0.126. The smallest absolute Gasteiger partial charge is 0.223 e. The Morgan fingerprint density at radius 1 is 1.07 bits per heavy atom. The molecule has 4 N–H and O–H groups in total. The SMILES string of the molecule is CC(C)(CCCCCC(N)=O)C(N)=O.Cl. The van der Waals surface area contributed by atoms with Gasteiger partial charge in [-0.25, -0.2) is 0 Å². The molecule has 4 nitrogen and oxygen atoms in total. The Bertz CT molecular complexity index is 217. The molecule has 0 atom stereocenters. The standard InChI is InChI=1S/C10H20N2O2.ClH/c1-10(2,9(12)14)7-5-3-4-6-8(11)13;/h3-7H2,1-2H3,(H2,11,13)(H2,12,14);1H. The van der Waals surface area contributed by atoms with Crippen LogP contribution in [0.3, 0.4) is 0 Å². The molecule has 0 aliphatic carbocycles. The summed E-state index contributed by atoms with van der Waals surface area (Å²) in [5.74, 6) is -0.536. The van der Waals surface area contributed by atoms with E-state index >= 15 is 0 Å². The second kappa shape index (κ2) is 7.51. The summed E-state index contributed by atoms with van der Waals surface area (Å²) < 4.78 is 0. The monoisotopic (exact) mass is 236 g/mol. The highest BCUT2D eigenvalue weighted by atomic mass is 35.5. The summed E-state index contributed by atoms with van der Waals surface area (Å²) in [4.78, 5) is 21.4. The number of primary amides is 2. The van der Waals surface area contributed by atoms with Gasteiger partial charge in [-0.05, 0) is 12.8 Å². The first-order valence-electron chi connectivity index (χ1n) is 4.94. The van der Waals surface area contributed by atoms with Gasteiger partial charge in [0.25, 0.3) is 0 Å². The maximum atomic E-state index is 10.9. The molecule has 0 bridgehead atoms. The van der Waals surface area contributed by atoms with E-state index in [-0.39, 0.29) is 24.2 Å². The zero-order valence-electron chi connectivity index (χ0n) is 9.41. The van der Waals surface area contributed by atoms with Gasteiger partial charge in [-0.3, -0.25) is 9.59 Å². The first kappa shape index (κ1) is 16.7. The summed E-state index contributed by atoms with van der Waals surface area (Å²) >= 11 is 0. The van der Waals surface area contributed by atoms with Crippen molar-refractivity contribution in [2.75, 3.05) is 0 Å². The molecule has 0 aliphatic heterocycles. The minimum atomic E-state index is -0.438. The van der Waals surface area contributed by atoms with Gasteiger partial charge in [0.1, 0.15) is 0 Å². The van der Waals surface area contributed by atoms with Crippen molar-refractivity contribution in [3.8, 4) is 0 Å². The van der Waals surface area contributed by atoms with Gasteiger partial charge in [-0.1, -0.05) is 26.7 Å². The second-order valence-electron chi connectivity index (χ2n) is 4.28. The van der Waals surface area contributed by atoms with Crippen molar-refractivity contribution in [1.82, 2.24) is 0 Å². The molecule has 0 heterocycles. The summed E-state index contributed by atoms with van der Waals surface area (Å²) in [6.07, 6.45) is 3.81. The molecule has 0 fully saturated rings. The van der Waals surface area contributed by atoms with Crippen LogP contribution in [0.2, 0.25) is 0 Å². The molecule has 0 saturated carbocycles. The van der Waals surface area contributed by atoms with Crippen molar-refractivity contribution in [2.45, 2.75) is 46.0 Å². The third-order valence-corrected chi connectivity index (χ3v) is 2.39. The molecule has 2 amide bonds. The van der Waals surface area contributed by atoms with E-state index in [0.717, 1.165) is 25.7 Å². The van der Waals surface area contributed by atoms with Gasteiger partial charge in [-0.15, -0.1) is 12.4 Å². The zero-order chi connectivity index (χ0) is 11.2. The van der Waals surface area contributed by atoms with Gasteiger partial charge < -0.3 is 11.5 Å². The summed E-state index contributed by atoms with van der Waals surface area (Å²) in [7, 11) is 0. The van der Waals surface area contributed by atoms with Gasteiger partial charge in [-0.2, -0.15) is 0 Å². The van der Waals surface area contributed by atoms with Crippen LogP contribution in [0.15, 0.2) is 0 Å². The van der Waals surface area contributed by atoms with E-state index in [1.807, 2.05) is 13.8 Å². The first-order chi connectivity index (χ1) is 6.36. The lowest BCUT2D eigenvalue weighted by Crippen LogP contribution is -2.31. The number of carbonyl (C=O) groups excluding carboxylic acids is 2. The number of nitrogens with two attached hydrogens (primary N) is 2. The Morgan fingerprint density at radius 2 is 1.60 bits per heavy atom. The second-order valence-corrected chi connectivity index (χ2v) is 4.28. The van der Waals surface area contributed by atoms with Gasteiger partial charge >= 0.3 is 0 Å². The van der Waals surface area contributed by atoms with Crippen molar-refractivity contribution in [3.05, 3.63) is 0 Å². The summed E-state index contributed by atoms with van der Waals surface area (Å²) in [5, 5.41) is 0. The quantitative estimate of drug-likeness (QED) is 0.654. The highest BCUT2D eigenvalue weighted by Gasteiger charge is 2.23. The third kappa shape index (κ3) is 8.24. The average molecular weight is 237 g/mol. The largest absolute Gasteiger partial charge is 0.370 e. The van der Waals surface area contributed by atoms with Crippen LogP contribution >= 0.6 is 12.4 Å². The Hall–Kier alpha value is -0.770. The Balaban J connectivity index is 0. The fourth-order valence-electron chi connectivity index (χ4n) is 1.17. The summed E-state index contributed by atoms with van der Waals surface area (Å²) in [6.45, 7) is 3.67. The first-order valence-corrected chi connectivity index (χ1v) is 4.94. The molecule has 0 spiro atoms. The molecule has 0 aromatic rings. The Kier molecular flexibility index (Phi) is 8.34. The lowest BCUT2D eigenvalue weighted by atomic mass is 9.86. The maximum Gasteiger partial charge on any atom is 0.223 e. The van der Waals surface area contributed by atoms with Crippen LogP contribution < -0.4 is 11.5 Å². The fraction of sp³-hybridized carbons (Fsp3) is 0.800. The van der Waals surface area contributed by atoms with Crippen molar-refractivity contribution in [3.63, 3.8) is 0 Å². The molecule has 0 saturated heterocycles. The van der Waals surface area contributed by atoms with Crippen molar-refractivity contribution >= 4 is 24.2 Å². The maximum absolute atomic E-state index is 10.9. The molecular weight excluding hydrogens is 216 g/mol. The number of hydrogen-bond donors (Lipinski definition) is 2. The van der Waals surface area contributed by atoms with Crippen LogP contribution in [0.1, 0.15) is 46.0 Å². The number of carbonyl (C=O) groups is 2. The van der Waals surface area contributed by atoms with Gasteiger partial charge in [0, 0.05) is 11.8 Å². The van der Waals surface area contributed by atoms with E-state index in [1.54, 1.807) is 0 Å². The molecule has 0 aromatic heterocycles. The molecule has 0 unspecified atom stereocenters. The lowest BCUT2D eigenvalue weighted by Gasteiger charge is -2.19. The van der Waals surface area contributed by atoms with Crippen LogP contribution in [0.25, 0.3) is 0 Å². The van der Waals surface area contributed by atoms with Crippen molar-refractivity contribution in [1.29, 1.82) is 0 Å². The van der Waals surface area contributed by atoms with E-state index in [2.05, 4.69) is 0 Å². The van der Waals surface area contributed by atoms with Gasteiger partial charge in [0.05, 0.1) is 0 Å². The van der Waals surface area contributed by atoms with E-state index in [9.17, 15) is 9.59 Å². The minimum absolute atomic E-state index is 0. The molecule has 90 valence electrons. The van der Waals surface area contributed by atoms with Crippen molar-refractivity contribution < 1.29 is 9.59 Å². The van der Waals surface area contributed by atoms with Crippen LogP contribution in [0, 0.1) is 5.41 Å². The Morgan fingerprint density at radius 3 is 2.00 bits per heavy atom. The molecule has 0 radical (unpaired) electrons. The topological polar surface area (TPSA) is 86.2 Å². The van der Waals surface area contributed by atoms with E-state index < -0.39 is 5.41 Å². The molecule has 15 heavy (non-hydrogen) atoms. The molecule has 0 rings (SSSR count). The predicted octanol–water partition coefficient (Wildman–Crippen LogP) is 1.36. The molecule has 5 heteroatoms. The van der Waals surface area contributed by atoms with Crippen LogP contribution in [0.5, 0.6) is 0 Å². The molecule has 0 aliphatic rings. The van der Waals surface area contributed by atoms with Crippen molar-refractivity contribution in [2.24, 2.45) is 16.9 Å². The molecule has 0 aromatic carbocycles. The number of amides is 2. The fourth-order valence-corrected chi connectivity index (χ4v) is 1.17. The summed E-state index contributed by atoms with van der Waals surface area (Å²) in [5.41, 5.74) is 9.78. The normalized spacial score (nSPS) is 10.5. The van der Waals surface area contributed by atoms with Gasteiger partial charge in [0.15, 0.2) is 0 Å². The zero-order valence-corrected chi connectivity index (χ0v) is 10.2. The summed E-state index contributed by atoms with van der Waals surface area (Å²) in [6, 6.07) is 0. The molecular formula is C10H21ClN2O2. The van der Waals surface area contributed by atoms with E-state index in [1.165, 1.54) is 0 Å². The minimum Gasteiger partial charge on any atom is -0.370 e. The number of hydrogen-bond acceptors (Lipinski definition) is 2. The number of halogens is 1. The van der Waals surface area contributed by atoms with Gasteiger partial charge in [0.2, 0.25) is 11.8 Å². The third-order valence-electron chi connectivity index (χ3n) is 2.39. The highest BCUT2D eigenvalue weighted by Crippen LogP contribution is 2.22. The van der Waals surface area contributed by atoms with E-state index in [0.29, 0.717) is 6.42 Å². The van der Waals surface area contributed by atoms with Crippen LogP contribution in [-0.4, -0.2) is 11.8 Å². The van der Waals surface area contributed by atoms with E-state index in [4.69, 9.17) is 11.5 Å². The van der Waals surface area contributed by atoms with Crippen LogP contribution in [-0.2, 0) is 9.59 Å². The predicted molar refractivity (Wildman–Crippen MR) is 62.5 cm³/mol. The number of unbranched alkanes of at least 4 members (excludes halogenated alkanes) is 2. The highest BCUT2D eigenvalue weighted by molar-refractivity contribution is 5.85.